The summed E-state index contributed by atoms with van der Waals surface area (Å²) in [7, 11) is 1.94. The minimum Gasteiger partial charge on any atom is -0.456 e. The van der Waals surface area contributed by atoms with Gasteiger partial charge in [0.25, 0.3) is 5.91 Å². The number of piperidine rings is 1. The van der Waals surface area contributed by atoms with E-state index in [9.17, 15) is 19.2 Å². The summed E-state index contributed by atoms with van der Waals surface area (Å²) in [5, 5.41) is 7.95. The number of nitrogens with one attached hydrogen (secondary N) is 2. The summed E-state index contributed by atoms with van der Waals surface area (Å²) in [5.41, 5.74) is 1.67. The number of benzene rings is 3. The van der Waals surface area contributed by atoms with Gasteiger partial charge in [-0.1, -0.05) is 44.4 Å². The second-order valence-electron chi connectivity index (χ2n) is 16.8. The summed E-state index contributed by atoms with van der Waals surface area (Å²) in [6, 6.07) is 12.1. The SMILES string of the molecule is CCCCCN(C)CC(=O)N[C@@H]1CCN(c2c(F)cc3c(=O)c(C(=O)N4CC[C@@H](NC(=O)CN5CCCCC5)C4)cn4c3c2Oc2cc3c(cc2-4)oc2ccccc23)C1. The van der Waals surface area contributed by atoms with Gasteiger partial charge < -0.3 is 34.2 Å². The number of para-hydroxylation sites is 1. The summed E-state index contributed by atoms with van der Waals surface area (Å²) in [4.78, 5) is 62.2. The molecule has 3 saturated heterocycles. The van der Waals surface area contributed by atoms with Gasteiger partial charge in [0, 0.05) is 61.3 Å². The van der Waals surface area contributed by atoms with E-state index in [1.165, 1.54) is 12.5 Å². The van der Waals surface area contributed by atoms with E-state index in [2.05, 4.69) is 22.5 Å². The Labute approximate surface area is 342 Å². The zero-order valence-electron chi connectivity index (χ0n) is 33.9. The standard InChI is InChI=1S/C45H52FN7O6/c1-3-4-8-15-49(2)26-39(54)47-28-13-18-51(23-28)42-34(46)20-32-41-44(42)59-38-21-31-30-11-6-7-12-36(30)58-37(31)22-35(38)53(41)25-33(43(32)56)45(57)52-19-14-29(24-52)48-40(55)27-50-16-9-5-10-17-50/h6-7,11-12,20-22,25,28-29H,3-5,8-10,13-19,23-24,26-27H2,1-2H3,(H,47,54)(H,48,55)/t28-,29-/m1/s1. The Morgan fingerprint density at radius 2 is 1.66 bits per heavy atom. The van der Waals surface area contributed by atoms with Crippen LogP contribution in [-0.2, 0) is 9.59 Å². The molecule has 3 fully saturated rings. The highest BCUT2D eigenvalue weighted by Gasteiger charge is 2.36. The summed E-state index contributed by atoms with van der Waals surface area (Å²) >= 11 is 0. The number of pyridine rings is 1. The van der Waals surface area contributed by atoms with E-state index < -0.39 is 17.2 Å². The average Bonchev–Trinajstić information content (AvgIpc) is 3.97. The average molecular weight is 806 g/mol. The third-order valence-corrected chi connectivity index (χ3v) is 12.4. The fourth-order valence-electron chi connectivity index (χ4n) is 9.41. The first-order valence-electron chi connectivity index (χ1n) is 21.2. The van der Waals surface area contributed by atoms with E-state index in [1.54, 1.807) is 15.7 Å². The zero-order valence-corrected chi connectivity index (χ0v) is 33.9. The molecule has 4 aliphatic rings. The molecule has 6 heterocycles. The van der Waals surface area contributed by atoms with Crippen molar-refractivity contribution in [3.63, 3.8) is 0 Å². The maximum Gasteiger partial charge on any atom is 0.259 e. The third kappa shape index (κ3) is 7.64. The number of furan rings is 1. The van der Waals surface area contributed by atoms with Crippen molar-refractivity contribution in [2.45, 2.75) is 70.4 Å². The number of halogens is 1. The number of hydrogen-bond donors (Lipinski definition) is 2. The molecule has 3 aromatic carbocycles. The van der Waals surface area contributed by atoms with Crippen LogP contribution in [0, 0.1) is 5.82 Å². The number of carbonyl (C=O) groups is 3. The lowest BCUT2D eigenvalue weighted by atomic mass is 10.0. The highest BCUT2D eigenvalue weighted by molar-refractivity contribution is 6.07. The second-order valence-corrected chi connectivity index (χ2v) is 16.8. The van der Waals surface area contributed by atoms with Crippen LogP contribution < -0.4 is 25.7 Å². The predicted octanol–water partition coefficient (Wildman–Crippen LogP) is 5.77. The van der Waals surface area contributed by atoms with Crippen molar-refractivity contribution in [2.75, 3.05) is 70.9 Å². The molecule has 2 aromatic heterocycles. The van der Waals surface area contributed by atoms with Crippen LogP contribution in [0.5, 0.6) is 11.5 Å². The lowest BCUT2D eigenvalue weighted by Crippen LogP contribution is -2.45. The Balaban J connectivity index is 1.04. The van der Waals surface area contributed by atoms with Crippen molar-refractivity contribution < 1.29 is 27.9 Å². The molecule has 0 radical (unpaired) electrons. The van der Waals surface area contributed by atoms with Crippen LogP contribution in [0.25, 0.3) is 38.5 Å². The van der Waals surface area contributed by atoms with Gasteiger partial charge in [-0.25, -0.2) is 4.39 Å². The number of hydrogen-bond acceptors (Lipinski definition) is 9. The largest absolute Gasteiger partial charge is 0.456 e. The molecule has 13 nitrogen and oxygen atoms in total. The highest BCUT2D eigenvalue weighted by Crippen LogP contribution is 2.49. The molecule has 310 valence electrons. The first-order chi connectivity index (χ1) is 28.6. The molecule has 0 aliphatic carbocycles. The van der Waals surface area contributed by atoms with Gasteiger partial charge >= 0.3 is 0 Å². The number of likely N-dealkylation sites (N-methyl/N-ethyl adjacent to an activating group) is 1. The first kappa shape index (κ1) is 39.0. The van der Waals surface area contributed by atoms with Crippen molar-refractivity contribution in [2.24, 2.45) is 0 Å². The summed E-state index contributed by atoms with van der Waals surface area (Å²) in [6.45, 7) is 6.87. The fourth-order valence-corrected chi connectivity index (χ4v) is 9.41. The van der Waals surface area contributed by atoms with Crippen LogP contribution in [0.15, 0.2) is 57.9 Å². The number of nitrogens with zero attached hydrogens (tertiary/aromatic N) is 5. The minimum atomic E-state index is -0.653. The molecule has 59 heavy (non-hydrogen) atoms. The Morgan fingerprint density at radius 1 is 0.881 bits per heavy atom. The third-order valence-electron chi connectivity index (χ3n) is 12.4. The van der Waals surface area contributed by atoms with Crippen LogP contribution in [0.2, 0.25) is 0 Å². The summed E-state index contributed by atoms with van der Waals surface area (Å²) in [6.07, 6.45) is 9.33. The van der Waals surface area contributed by atoms with Gasteiger partial charge in [0.1, 0.15) is 27.9 Å². The van der Waals surface area contributed by atoms with E-state index in [0.717, 1.165) is 62.5 Å². The Hall–Kier alpha value is -5.47. The topological polar surface area (TPSA) is 133 Å². The van der Waals surface area contributed by atoms with E-state index in [4.69, 9.17) is 9.15 Å². The Bertz CT molecular complexity index is 2510. The fraction of sp³-hybridized carbons (Fsp3) is 0.467. The summed E-state index contributed by atoms with van der Waals surface area (Å²) < 4.78 is 31.4. The van der Waals surface area contributed by atoms with Gasteiger partial charge in [0.15, 0.2) is 17.3 Å². The van der Waals surface area contributed by atoms with Gasteiger partial charge in [-0.3, -0.25) is 29.0 Å². The number of anilines is 1. The molecule has 0 bridgehead atoms. The van der Waals surface area contributed by atoms with Crippen LogP contribution in [0.4, 0.5) is 10.1 Å². The maximum absolute atomic E-state index is 16.7. The molecule has 0 saturated carbocycles. The molecule has 3 amide bonds. The smallest absolute Gasteiger partial charge is 0.259 e. The van der Waals surface area contributed by atoms with Crippen molar-refractivity contribution in [1.82, 2.24) is 29.9 Å². The van der Waals surface area contributed by atoms with E-state index in [0.29, 0.717) is 67.1 Å². The normalized spacial score (nSPS) is 19.2. The van der Waals surface area contributed by atoms with Crippen molar-refractivity contribution in [3.8, 4) is 17.2 Å². The number of unbranched alkanes of at least 4 members (excludes halogenated alkanes) is 2. The van der Waals surface area contributed by atoms with E-state index >= 15 is 4.39 Å². The van der Waals surface area contributed by atoms with Crippen LogP contribution in [0.1, 0.15) is 68.6 Å². The zero-order chi connectivity index (χ0) is 40.8. The molecule has 9 rings (SSSR count). The highest BCUT2D eigenvalue weighted by atomic mass is 19.1. The lowest BCUT2D eigenvalue weighted by Gasteiger charge is -2.29. The number of carbonyl (C=O) groups excluding carboxylic acids is 3. The molecule has 4 aliphatic heterocycles. The second kappa shape index (κ2) is 16.3. The van der Waals surface area contributed by atoms with Crippen molar-refractivity contribution >= 4 is 56.3 Å². The minimum absolute atomic E-state index is 0.0168. The number of ether oxygens (including phenoxy) is 1. The van der Waals surface area contributed by atoms with Gasteiger partial charge in [-0.2, -0.15) is 0 Å². The molecule has 0 spiro atoms. The first-order valence-corrected chi connectivity index (χ1v) is 21.2. The van der Waals surface area contributed by atoms with Gasteiger partial charge in [0.05, 0.1) is 24.2 Å². The summed E-state index contributed by atoms with van der Waals surface area (Å²) in [5.74, 6) is -0.680. The van der Waals surface area contributed by atoms with Crippen LogP contribution in [-0.4, -0.2) is 115 Å². The van der Waals surface area contributed by atoms with Gasteiger partial charge in [0.2, 0.25) is 17.2 Å². The molecule has 14 heteroatoms. The Morgan fingerprint density at radius 3 is 2.49 bits per heavy atom. The van der Waals surface area contributed by atoms with E-state index in [1.807, 2.05) is 53.2 Å². The van der Waals surface area contributed by atoms with Crippen LogP contribution >= 0.6 is 0 Å². The predicted molar refractivity (Wildman–Crippen MR) is 225 cm³/mol. The molecular formula is C45H52FN7O6. The number of aromatic nitrogens is 1. The van der Waals surface area contributed by atoms with Gasteiger partial charge in [-0.15, -0.1) is 0 Å². The molecular weight excluding hydrogens is 754 g/mol. The van der Waals surface area contributed by atoms with Crippen molar-refractivity contribution in [1.29, 1.82) is 0 Å². The molecule has 5 aromatic rings. The number of fused-ring (bicyclic) bond motifs is 5. The monoisotopic (exact) mass is 805 g/mol. The molecule has 0 unspecified atom stereocenters. The van der Waals surface area contributed by atoms with Gasteiger partial charge in [-0.05, 0) is 77.0 Å². The quantitative estimate of drug-likeness (QED) is 0.148. The Kier molecular flexibility index (Phi) is 10.8. The number of rotatable bonds is 12. The van der Waals surface area contributed by atoms with E-state index in [-0.39, 0.29) is 59.4 Å². The number of likely N-dealkylation sites (tertiary alicyclic amines) is 2. The van der Waals surface area contributed by atoms with Crippen molar-refractivity contribution in [3.05, 3.63) is 70.3 Å². The van der Waals surface area contributed by atoms with Crippen LogP contribution in [0.3, 0.4) is 0 Å². The molecule has 2 atom stereocenters. The lowest BCUT2D eigenvalue weighted by molar-refractivity contribution is -0.123. The number of amides is 3. The maximum atomic E-state index is 16.7. The molecule has 2 N–H and O–H groups in total.